The van der Waals surface area contributed by atoms with Gasteiger partial charge < -0.3 is 11.1 Å². The van der Waals surface area contributed by atoms with E-state index in [0.717, 1.165) is 5.56 Å². The van der Waals surface area contributed by atoms with Crippen molar-refractivity contribution < 1.29 is 9.59 Å². The maximum atomic E-state index is 11.5. The van der Waals surface area contributed by atoms with Crippen LogP contribution in [-0.4, -0.2) is 28.1 Å². The van der Waals surface area contributed by atoms with E-state index in [2.05, 4.69) is 20.8 Å². The van der Waals surface area contributed by atoms with E-state index in [-0.39, 0.29) is 11.8 Å². The number of rotatable bonds is 3. The van der Waals surface area contributed by atoms with E-state index < -0.39 is 6.04 Å². The number of carbonyl (C=O) groups excluding carboxylic acids is 2. The molecule has 17 heavy (non-hydrogen) atoms. The first-order valence-electron chi connectivity index (χ1n) is 5.31. The lowest BCUT2D eigenvalue weighted by Crippen LogP contribution is -2.47. The number of nitrogens with two attached hydrogens (primary N) is 1. The Kier molecular flexibility index (Phi) is 3.29. The third-order valence-corrected chi connectivity index (χ3v) is 2.57. The lowest BCUT2D eigenvalue weighted by molar-refractivity contribution is -0.133. The molecule has 1 aliphatic rings. The van der Waals surface area contributed by atoms with Crippen molar-refractivity contribution in [2.75, 3.05) is 5.32 Å². The fraction of sp³-hybridized carbons (Fsp3) is 0.400. The van der Waals surface area contributed by atoms with E-state index in [1.54, 1.807) is 6.07 Å². The Morgan fingerprint density at radius 2 is 2.35 bits per heavy atom. The minimum atomic E-state index is -0.463. The molecule has 1 aromatic rings. The summed E-state index contributed by atoms with van der Waals surface area (Å²) in [5, 5.41) is 12.8. The second-order valence-electron chi connectivity index (χ2n) is 3.76. The Balaban J connectivity index is 2.10. The second-order valence-corrected chi connectivity index (χ2v) is 3.76. The van der Waals surface area contributed by atoms with Gasteiger partial charge in [0.2, 0.25) is 11.8 Å². The van der Waals surface area contributed by atoms with Gasteiger partial charge in [-0.25, -0.2) is 0 Å². The Morgan fingerprint density at radius 3 is 3.06 bits per heavy atom. The van der Waals surface area contributed by atoms with Crippen LogP contribution in [0.5, 0.6) is 0 Å². The van der Waals surface area contributed by atoms with Crippen LogP contribution in [0.4, 0.5) is 5.82 Å². The van der Waals surface area contributed by atoms with Gasteiger partial charge in [0.05, 0.1) is 6.20 Å². The lowest BCUT2D eigenvalue weighted by Gasteiger charge is -2.22. The van der Waals surface area contributed by atoms with Gasteiger partial charge in [-0.05, 0) is 12.5 Å². The monoisotopic (exact) mass is 235 g/mol. The molecule has 1 saturated heterocycles. The topological polar surface area (TPSA) is 110 Å². The summed E-state index contributed by atoms with van der Waals surface area (Å²) in [7, 11) is 0. The predicted molar refractivity (Wildman–Crippen MR) is 59.7 cm³/mol. The summed E-state index contributed by atoms with van der Waals surface area (Å²) in [6.07, 6.45) is 2.31. The Labute approximate surface area is 97.8 Å². The highest BCUT2D eigenvalue weighted by atomic mass is 16.2. The highest BCUT2D eigenvalue weighted by molar-refractivity contribution is 6.01. The number of imide groups is 1. The zero-order chi connectivity index (χ0) is 12.3. The molecule has 0 spiro atoms. The first-order chi connectivity index (χ1) is 8.20. The first kappa shape index (κ1) is 11.5. The van der Waals surface area contributed by atoms with Gasteiger partial charge in [-0.1, -0.05) is 0 Å². The van der Waals surface area contributed by atoms with Gasteiger partial charge in [-0.2, -0.15) is 5.10 Å². The quantitative estimate of drug-likeness (QED) is 0.589. The molecular weight excluding hydrogens is 222 g/mol. The smallest absolute Gasteiger partial charge is 0.249 e. The van der Waals surface area contributed by atoms with Gasteiger partial charge in [0, 0.05) is 18.5 Å². The number of anilines is 1. The van der Waals surface area contributed by atoms with Crippen molar-refractivity contribution in [1.82, 2.24) is 15.5 Å². The van der Waals surface area contributed by atoms with Crippen molar-refractivity contribution in [1.29, 1.82) is 0 Å². The Hall–Kier alpha value is -2.02. The predicted octanol–water partition coefficient (Wildman–Crippen LogP) is -0.848. The maximum absolute atomic E-state index is 11.5. The van der Waals surface area contributed by atoms with Crippen molar-refractivity contribution in [2.45, 2.75) is 25.4 Å². The molecule has 1 aliphatic heterocycles. The third-order valence-electron chi connectivity index (χ3n) is 2.57. The molecular formula is C10H13N5O2. The summed E-state index contributed by atoms with van der Waals surface area (Å²) in [5.74, 6) is -0.0920. The van der Waals surface area contributed by atoms with Crippen LogP contribution < -0.4 is 16.4 Å². The summed E-state index contributed by atoms with van der Waals surface area (Å²) in [6, 6.07) is 1.27. The van der Waals surface area contributed by atoms with Gasteiger partial charge in [-0.3, -0.25) is 14.9 Å². The van der Waals surface area contributed by atoms with Crippen LogP contribution in [0.25, 0.3) is 0 Å². The van der Waals surface area contributed by atoms with Gasteiger partial charge >= 0.3 is 0 Å². The minimum Gasteiger partial charge on any atom is -0.357 e. The molecule has 2 amide bonds. The lowest BCUT2D eigenvalue weighted by atomic mass is 10.1. The molecule has 2 rings (SSSR count). The van der Waals surface area contributed by atoms with Crippen molar-refractivity contribution in [3.8, 4) is 0 Å². The summed E-state index contributed by atoms with van der Waals surface area (Å²) in [5.41, 5.74) is 6.33. The Morgan fingerprint density at radius 1 is 1.53 bits per heavy atom. The summed E-state index contributed by atoms with van der Waals surface area (Å²) in [4.78, 5) is 22.5. The number of hydrogen-bond acceptors (Lipinski definition) is 6. The second kappa shape index (κ2) is 4.88. The van der Waals surface area contributed by atoms with Gasteiger partial charge in [-0.15, -0.1) is 5.10 Å². The van der Waals surface area contributed by atoms with E-state index in [9.17, 15) is 9.59 Å². The van der Waals surface area contributed by atoms with E-state index in [0.29, 0.717) is 25.2 Å². The molecule has 4 N–H and O–H groups in total. The molecule has 0 aromatic carbocycles. The fourth-order valence-electron chi connectivity index (χ4n) is 1.64. The van der Waals surface area contributed by atoms with E-state index in [1.807, 2.05) is 0 Å². The number of piperidine rings is 1. The number of amides is 2. The molecule has 2 heterocycles. The maximum Gasteiger partial charge on any atom is 0.249 e. The first-order valence-corrected chi connectivity index (χ1v) is 5.31. The fourth-order valence-corrected chi connectivity index (χ4v) is 1.64. The van der Waals surface area contributed by atoms with Crippen molar-refractivity contribution in [2.24, 2.45) is 5.73 Å². The van der Waals surface area contributed by atoms with Crippen LogP contribution in [0, 0.1) is 0 Å². The van der Waals surface area contributed by atoms with Crippen LogP contribution in [0.1, 0.15) is 18.4 Å². The summed E-state index contributed by atoms with van der Waals surface area (Å²) in [6.45, 7) is 0.311. The molecule has 0 aliphatic carbocycles. The molecule has 1 fully saturated rings. The number of nitrogens with one attached hydrogen (secondary N) is 2. The number of aromatic nitrogens is 2. The van der Waals surface area contributed by atoms with Crippen molar-refractivity contribution >= 4 is 17.6 Å². The number of carbonyl (C=O) groups is 2. The van der Waals surface area contributed by atoms with Crippen LogP contribution >= 0.6 is 0 Å². The van der Waals surface area contributed by atoms with E-state index in [4.69, 9.17) is 5.73 Å². The molecule has 0 saturated carbocycles. The number of nitrogens with zero attached hydrogens (tertiary/aromatic N) is 2. The highest BCUT2D eigenvalue weighted by Gasteiger charge is 2.27. The average molecular weight is 235 g/mol. The molecule has 90 valence electrons. The SMILES string of the molecule is NCc1ccnnc1NC1CCC(=O)NC1=O. The van der Waals surface area contributed by atoms with Gasteiger partial charge in [0.15, 0.2) is 5.82 Å². The minimum absolute atomic E-state index is 0.244. The molecule has 1 atom stereocenters. The molecule has 7 heteroatoms. The average Bonchev–Trinajstić information content (AvgIpc) is 2.33. The molecule has 0 bridgehead atoms. The van der Waals surface area contributed by atoms with E-state index >= 15 is 0 Å². The Bertz CT molecular complexity index is 448. The molecule has 1 unspecified atom stereocenters. The zero-order valence-corrected chi connectivity index (χ0v) is 9.14. The highest BCUT2D eigenvalue weighted by Crippen LogP contribution is 2.14. The van der Waals surface area contributed by atoms with Crippen LogP contribution in [0.3, 0.4) is 0 Å². The normalized spacial score (nSPS) is 19.9. The molecule has 0 radical (unpaired) electrons. The summed E-state index contributed by atoms with van der Waals surface area (Å²) < 4.78 is 0. The molecule has 1 aromatic heterocycles. The largest absolute Gasteiger partial charge is 0.357 e. The zero-order valence-electron chi connectivity index (χ0n) is 9.14. The van der Waals surface area contributed by atoms with Gasteiger partial charge in [0.1, 0.15) is 6.04 Å². The standard InChI is InChI=1S/C10H13N5O2/c11-5-6-3-4-12-15-9(6)13-7-1-2-8(16)14-10(7)17/h3-4,7H,1-2,5,11H2,(H,13,15)(H,14,16,17). The van der Waals surface area contributed by atoms with Crippen LogP contribution in [-0.2, 0) is 16.1 Å². The van der Waals surface area contributed by atoms with Crippen molar-refractivity contribution in [3.63, 3.8) is 0 Å². The van der Waals surface area contributed by atoms with Crippen molar-refractivity contribution in [3.05, 3.63) is 17.8 Å². The molecule has 7 nitrogen and oxygen atoms in total. The van der Waals surface area contributed by atoms with Gasteiger partial charge in [0.25, 0.3) is 0 Å². The van der Waals surface area contributed by atoms with Crippen LogP contribution in [0.2, 0.25) is 0 Å². The third kappa shape index (κ3) is 2.56. The van der Waals surface area contributed by atoms with E-state index in [1.165, 1.54) is 6.20 Å². The van der Waals surface area contributed by atoms with Crippen LogP contribution in [0.15, 0.2) is 12.3 Å². The number of hydrogen-bond donors (Lipinski definition) is 3. The summed E-state index contributed by atoms with van der Waals surface area (Å²) >= 11 is 0.